The Kier molecular flexibility index (Phi) is 7.37. The molecular formula is C36H61NO6. The molecule has 0 bridgehead atoms. The minimum absolute atomic E-state index is 0.0327. The maximum Gasteiger partial charge on any atom is 0.170 e. The highest BCUT2D eigenvalue weighted by atomic mass is 16.7. The first-order valence-corrected chi connectivity index (χ1v) is 17.8. The van der Waals surface area contributed by atoms with Gasteiger partial charge in [0.1, 0.15) is 6.10 Å². The van der Waals surface area contributed by atoms with Crippen LogP contribution in [0, 0.1) is 50.7 Å². The quantitative estimate of drug-likeness (QED) is 0.379. The van der Waals surface area contributed by atoms with E-state index in [2.05, 4.69) is 39.9 Å². The van der Waals surface area contributed by atoms with Gasteiger partial charge in [-0.1, -0.05) is 34.6 Å². The van der Waals surface area contributed by atoms with Crippen LogP contribution in [0.25, 0.3) is 0 Å². The minimum atomic E-state index is -1.00. The third-order valence-corrected chi connectivity index (χ3v) is 15.4. The first-order chi connectivity index (χ1) is 20.2. The Hall–Kier alpha value is -0.280. The van der Waals surface area contributed by atoms with Gasteiger partial charge in [-0.15, -0.1) is 0 Å². The Morgan fingerprint density at radius 2 is 1.74 bits per heavy atom. The highest BCUT2D eigenvalue weighted by Crippen LogP contribution is 2.89. The standard InChI is InChI=1S/C36H61NO6/c1-9-40-30(32(5,6)39)22-18-21(2)27-28(42-22)29(38)34(8)24-11-10-23-31(3,4)25(43-26-19-37-16-17-41-26)12-13-35(23)20-36(24,35)15-14-33(27,34)7/h21-30,37-39H,9-20H2,1-8H3. The molecule has 2 saturated heterocycles. The maximum atomic E-state index is 12.5. The van der Waals surface area contributed by atoms with E-state index in [1.165, 1.54) is 38.5 Å². The van der Waals surface area contributed by atoms with Crippen LogP contribution in [-0.2, 0) is 18.9 Å². The molecule has 14 unspecified atom stereocenters. The third kappa shape index (κ3) is 4.10. The number of hydrogen-bond donors (Lipinski definition) is 3. The molecule has 7 nitrogen and oxygen atoms in total. The average molecular weight is 604 g/mol. The maximum absolute atomic E-state index is 12.5. The molecule has 14 atom stereocenters. The summed E-state index contributed by atoms with van der Waals surface area (Å²) in [6.07, 6.45) is 8.19. The third-order valence-electron chi connectivity index (χ3n) is 15.4. The second-order valence-electron chi connectivity index (χ2n) is 17.7. The van der Waals surface area contributed by atoms with Crippen molar-refractivity contribution < 1.29 is 29.2 Å². The SMILES string of the molecule is CCOC(C1CC(C)C2C(O1)C(O)C1(C)C3CCC4C(C)(C)C(OC5CNCCO5)CCC45CC35CCC21C)C(C)(C)O. The Balaban J connectivity index is 1.16. The van der Waals surface area contributed by atoms with Crippen molar-refractivity contribution in [1.82, 2.24) is 5.32 Å². The number of aliphatic hydroxyl groups is 2. The molecule has 0 radical (unpaired) electrons. The van der Waals surface area contributed by atoms with Gasteiger partial charge in [-0.2, -0.15) is 0 Å². The Bertz CT molecular complexity index is 1070. The lowest BCUT2D eigenvalue weighted by Gasteiger charge is -2.64. The van der Waals surface area contributed by atoms with Gasteiger partial charge in [0.2, 0.25) is 0 Å². The predicted molar refractivity (Wildman–Crippen MR) is 165 cm³/mol. The monoisotopic (exact) mass is 603 g/mol. The zero-order chi connectivity index (χ0) is 30.8. The number of ether oxygens (including phenoxy) is 4. The normalized spacial score (nSPS) is 54.4. The number of morpholine rings is 1. The summed E-state index contributed by atoms with van der Waals surface area (Å²) in [5.74, 6) is 1.89. The summed E-state index contributed by atoms with van der Waals surface area (Å²) in [6, 6.07) is 0. The molecule has 7 aliphatic rings. The van der Waals surface area contributed by atoms with Crippen LogP contribution in [0.3, 0.4) is 0 Å². The average Bonchev–Trinajstić information content (AvgIpc) is 3.58. The molecule has 43 heavy (non-hydrogen) atoms. The highest BCUT2D eigenvalue weighted by Gasteiger charge is 2.84. The van der Waals surface area contributed by atoms with Gasteiger partial charge in [-0.25, -0.2) is 0 Å². The Morgan fingerprint density at radius 1 is 1.02 bits per heavy atom. The van der Waals surface area contributed by atoms with E-state index in [1.54, 1.807) is 0 Å². The molecule has 0 amide bonds. The van der Waals surface area contributed by atoms with Gasteiger partial charge in [0.25, 0.3) is 0 Å². The molecule has 2 heterocycles. The molecule has 7 heteroatoms. The van der Waals surface area contributed by atoms with Crippen molar-refractivity contribution in [1.29, 1.82) is 0 Å². The van der Waals surface area contributed by atoms with Crippen molar-refractivity contribution in [2.24, 2.45) is 50.7 Å². The fourth-order valence-corrected chi connectivity index (χ4v) is 13.5. The largest absolute Gasteiger partial charge is 0.390 e. The van der Waals surface area contributed by atoms with Crippen molar-refractivity contribution >= 4 is 0 Å². The zero-order valence-electron chi connectivity index (χ0n) is 28.3. The lowest BCUT2D eigenvalue weighted by molar-refractivity contribution is -0.237. The first-order valence-electron chi connectivity index (χ1n) is 17.8. The van der Waals surface area contributed by atoms with Crippen LogP contribution in [-0.4, -0.2) is 78.9 Å². The molecule has 0 aromatic rings. The molecule has 7 fully saturated rings. The molecular weight excluding hydrogens is 542 g/mol. The van der Waals surface area contributed by atoms with E-state index in [0.29, 0.717) is 41.1 Å². The van der Waals surface area contributed by atoms with Gasteiger partial charge in [-0.3, -0.25) is 0 Å². The number of fused-ring (bicyclic) bond motifs is 4. The molecule has 7 rings (SSSR count). The minimum Gasteiger partial charge on any atom is -0.390 e. The molecule has 0 aromatic carbocycles. The number of nitrogens with one attached hydrogen (secondary N) is 1. The second-order valence-corrected chi connectivity index (χ2v) is 17.7. The molecule has 3 N–H and O–H groups in total. The van der Waals surface area contributed by atoms with E-state index in [1.807, 2.05) is 20.8 Å². The smallest absolute Gasteiger partial charge is 0.170 e. The number of aliphatic hydroxyl groups excluding tert-OH is 1. The van der Waals surface area contributed by atoms with Crippen molar-refractivity contribution in [3.63, 3.8) is 0 Å². The predicted octanol–water partition coefficient (Wildman–Crippen LogP) is 5.31. The van der Waals surface area contributed by atoms with Gasteiger partial charge >= 0.3 is 0 Å². The van der Waals surface area contributed by atoms with Crippen LogP contribution >= 0.6 is 0 Å². The summed E-state index contributed by atoms with van der Waals surface area (Å²) < 4.78 is 25.7. The van der Waals surface area contributed by atoms with Crippen LogP contribution in [0.15, 0.2) is 0 Å². The molecule has 5 aliphatic carbocycles. The van der Waals surface area contributed by atoms with E-state index < -0.39 is 17.8 Å². The molecule has 5 saturated carbocycles. The fourth-order valence-electron chi connectivity index (χ4n) is 13.5. The molecule has 0 aromatic heterocycles. The van der Waals surface area contributed by atoms with E-state index in [4.69, 9.17) is 18.9 Å². The van der Waals surface area contributed by atoms with Crippen LogP contribution in [0.1, 0.15) is 107 Å². The van der Waals surface area contributed by atoms with Crippen LogP contribution in [0.2, 0.25) is 0 Å². The van der Waals surface area contributed by atoms with E-state index in [0.717, 1.165) is 32.5 Å². The van der Waals surface area contributed by atoms with Gasteiger partial charge in [-0.05, 0) is 117 Å². The van der Waals surface area contributed by atoms with Crippen molar-refractivity contribution in [2.75, 3.05) is 26.3 Å². The Morgan fingerprint density at radius 3 is 2.42 bits per heavy atom. The van der Waals surface area contributed by atoms with Crippen LogP contribution < -0.4 is 5.32 Å². The molecule has 2 aliphatic heterocycles. The van der Waals surface area contributed by atoms with E-state index in [9.17, 15) is 10.2 Å². The summed E-state index contributed by atoms with van der Waals surface area (Å²) in [5, 5.41) is 27.0. The second kappa shape index (κ2) is 10.1. The van der Waals surface area contributed by atoms with Crippen molar-refractivity contribution in [2.45, 2.75) is 149 Å². The lowest BCUT2D eigenvalue weighted by atomic mass is 9.41. The van der Waals surface area contributed by atoms with Gasteiger partial charge in [0.15, 0.2) is 6.29 Å². The van der Waals surface area contributed by atoms with Gasteiger partial charge in [0.05, 0.1) is 36.6 Å². The van der Waals surface area contributed by atoms with Crippen LogP contribution in [0.5, 0.6) is 0 Å². The number of hydrogen-bond acceptors (Lipinski definition) is 7. The molecule has 2 spiro atoms. The zero-order valence-corrected chi connectivity index (χ0v) is 28.3. The van der Waals surface area contributed by atoms with Gasteiger partial charge in [0, 0.05) is 25.1 Å². The summed E-state index contributed by atoms with van der Waals surface area (Å²) >= 11 is 0. The first kappa shape index (κ1) is 31.3. The van der Waals surface area contributed by atoms with E-state index in [-0.39, 0.29) is 40.8 Å². The molecule has 246 valence electrons. The topological polar surface area (TPSA) is 89.4 Å². The fraction of sp³-hybridized carbons (Fsp3) is 1.00. The summed E-state index contributed by atoms with van der Waals surface area (Å²) in [5.41, 5.74) is -0.354. The summed E-state index contributed by atoms with van der Waals surface area (Å²) in [7, 11) is 0. The van der Waals surface area contributed by atoms with E-state index >= 15 is 0 Å². The van der Waals surface area contributed by atoms with Crippen molar-refractivity contribution in [3.05, 3.63) is 0 Å². The van der Waals surface area contributed by atoms with Crippen LogP contribution in [0.4, 0.5) is 0 Å². The summed E-state index contributed by atoms with van der Waals surface area (Å²) in [6.45, 7) is 20.9. The number of rotatable bonds is 6. The van der Waals surface area contributed by atoms with Gasteiger partial charge < -0.3 is 34.5 Å². The highest BCUT2D eigenvalue weighted by molar-refractivity contribution is 5.33. The summed E-state index contributed by atoms with van der Waals surface area (Å²) in [4.78, 5) is 0. The Labute approximate surface area is 260 Å². The van der Waals surface area contributed by atoms with Crippen molar-refractivity contribution in [3.8, 4) is 0 Å². The lowest BCUT2D eigenvalue weighted by Crippen LogP contribution is -2.60.